The predicted octanol–water partition coefficient (Wildman–Crippen LogP) is -0.0948. The SMILES string of the molecule is Bc1ccc(OC)c(F)c1C=O. The summed E-state index contributed by atoms with van der Waals surface area (Å²) in [5.41, 5.74) is 0.678. The molecule has 0 N–H and O–H groups in total. The maximum absolute atomic E-state index is 13.2. The van der Waals surface area contributed by atoms with E-state index in [9.17, 15) is 9.18 Å². The Bertz CT molecular complexity index is 312. The number of halogens is 1. The molecular weight excluding hydrogens is 158 g/mol. The van der Waals surface area contributed by atoms with Gasteiger partial charge in [0.05, 0.1) is 7.11 Å². The Hall–Kier alpha value is -1.32. The molecule has 0 spiro atoms. The quantitative estimate of drug-likeness (QED) is 0.453. The third-order valence-corrected chi connectivity index (χ3v) is 1.70. The van der Waals surface area contributed by atoms with E-state index in [1.807, 2.05) is 0 Å². The van der Waals surface area contributed by atoms with Crippen molar-refractivity contribution in [1.29, 1.82) is 0 Å². The van der Waals surface area contributed by atoms with Crippen molar-refractivity contribution < 1.29 is 13.9 Å². The summed E-state index contributed by atoms with van der Waals surface area (Å²) in [7, 11) is 3.04. The molecule has 1 rings (SSSR count). The van der Waals surface area contributed by atoms with Crippen LogP contribution in [0.2, 0.25) is 0 Å². The lowest BCUT2D eigenvalue weighted by Crippen LogP contribution is -2.12. The van der Waals surface area contributed by atoms with Crippen molar-refractivity contribution in [3.63, 3.8) is 0 Å². The molecule has 0 fully saturated rings. The molecule has 1 aromatic rings. The maximum Gasteiger partial charge on any atom is 0.174 e. The molecule has 12 heavy (non-hydrogen) atoms. The largest absolute Gasteiger partial charge is 0.494 e. The van der Waals surface area contributed by atoms with Gasteiger partial charge in [0.1, 0.15) is 7.85 Å². The van der Waals surface area contributed by atoms with E-state index in [1.165, 1.54) is 13.2 Å². The van der Waals surface area contributed by atoms with Crippen molar-refractivity contribution in [2.24, 2.45) is 0 Å². The van der Waals surface area contributed by atoms with E-state index in [2.05, 4.69) is 0 Å². The first-order chi connectivity index (χ1) is 5.70. The molecule has 4 heteroatoms. The van der Waals surface area contributed by atoms with E-state index in [0.717, 1.165) is 0 Å². The van der Waals surface area contributed by atoms with Crippen molar-refractivity contribution in [3.8, 4) is 5.75 Å². The fraction of sp³-hybridized carbons (Fsp3) is 0.125. The number of hydrogen-bond acceptors (Lipinski definition) is 2. The van der Waals surface area contributed by atoms with Gasteiger partial charge in [0.25, 0.3) is 0 Å². The van der Waals surface area contributed by atoms with Crippen LogP contribution in [0.25, 0.3) is 0 Å². The molecule has 1 aromatic carbocycles. The Morgan fingerprint density at radius 1 is 1.58 bits per heavy atom. The second kappa shape index (κ2) is 3.39. The molecule has 62 valence electrons. The lowest BCUT2D eigenvalue weighted by molar-refractivity contribution is 0.112. The molecular formula is C8H8BFO2. The highest BCUT2D eigenvalue weighted by Crippen LogP contribution is 2.16. The van der Waals surface area contributed by atoms with Crippen LogP contribution in [0.1, 0.15) is 10.4 Å². The van der Waals surface area contributed by atoms with Gasteiger partial charge >= 0.3 is 0 Å². The van der Waals surface area contributed by atoms with Gasteiger partial charge in [0.2, 0.25) is 0 Å². The van der Waals surface area contributed by atoms with Crippen LogP contribution in [-0.2, 0) is 0 Å². The average Bonchev–Trinajstić information content (AvgIpc) is 2.06. The Balaban J connectivity index is 3.33. The highest BCUT2D eigenvalue weighted by molar-refractivity contribution is 6.35. The number of hydrogen-bond donors (Lipinski definition) is 0. The normalized spacial score (nSPS) is 9.50. The zero-order valence-corrected chi connectivity index (χ0v) is 6.93. The van der Waals surface area contributed by atoms with Gasteiger partial charge in [-0.1, -0.05) is 11.5 Å². The molecule has 0 heterocycles. The van der Waals surface area contributed by atoms with E-state index in [4.69, 9.17) is 4.74 Å². The minimum atomic E-state index is -0.590. The number of rotatable bonds is 2. The lowest BCUT2D eigenvalue weighted by Gasteiger charge is -2.05. The summed E-state index contributed by atoms with van der Waals surface area (Å²) in [5.74, 6) is -0.491. The van der Waals surface area contributed by atoms with Crippen LogP contribution < -0.4 is 10.2 Å². The first-order valence-corrected chi connectivity index (χ1v) is 3.49. The third-order valence-electron chi connectivity index (χ3n) is 1.70. The van der Waals surface area contributed by atoms with Gasteiger partial charge in [-0.05, 0) is 6.07 Å². The summed E-state index contributed by atoms with van der Waals surface area (Å²) >= 11 is 0. The molecule has 0 saturated carbocycles. The van der Waals surface area contributed by atoms with E-state index in [-0.39, 0.29) is 11.3 Å². The second-order valence-corrected chi connectivity index (χ2v) is 2.43. The highest BCUT2D eigenvalue weighted by Gasteiger charge is 2.09. The Labute approximate surface area is 70.8 Å². The van der Waals surface area contributed by atoms with Crippen molar-refractivity contribution >= 4 is 19.6 Å². The number of ether oxygens (including phenoxy) is 1. The fourth-order valence-corrected chi connectivity index (χ4v) is 0.972. The van der Waals surface area contributed by atoms with Gasteiger partial charge in [-0.25, -0.2) is 4.39 Å². The second-order valence-electron chi connectivity index (χ2n) is 2.43. The predicted molar refractivity (Wildman–Crippen MR) is 46.5 cm³/mol. The first kappa shape index (κ1) is 8.78. The molecule has 0 unspecified atom stereocenters. The molecule has 0 aromatic heterocycles. The first-order valence-electron chi connectivity index (χ1n) is 3.49. The zero-order chi connectivity index (χ0) is 9.14. The average molecular weight is 166 g/mol. The van der Waals surface area contributed by atoms with Gasteiger partial charge in [-0.15, -0.1) is 0 Å². The summed E-state index contributed by atoms with van der Waals surface area (Å²) < 4.78 is 17.9. The molecule has 0 amide bonds. The number of methoxy groups -OCH3 is 1. The van der Waals surface area contributed by atoms with E-state index in [1.54, 1.807) is 13.9 Å². The van der Waals surface area contributed by atoms with Gasteiger partial charge in [-0.2, -0.15) is 0 Å². The Kier molecular flexibility index (Phi) is 2.48. The summed E-state index contributed by atoms with van der Waals surface area (Å²) in [5, 5.41) is 0. The molecule has 0 aliphatic heterocycles. The summed E-state index contributed by atoms with van der Waals surface area (Å²) in [6.07, 6.45) is 0.493. The van der Waals surface area contributed by atoms with Crippen LogP contribution in [0.15, 0.2) is 12.1 Å². The lowest BCUT2D eigenvalue weighted by atomic mass is 9.90. The number of carbonyl (C=O) groups is 1. The topological polar surface area (TPSA) is 26.3 Å². The summed E-state index contributed by atoms with van der Waals surface area (Å²) in [6.45, 7) is 0. The van der Waals surface area contributed by atoms with Crippen molar-refractivity contribution in [2.75, 3.05) is 7.11 Å². The van der Waals surface area contributed by atoms with Crippen LogP contribution in [0.5, 0.6) is 5.75 Å². The smallest absolute Gasteiger partial charge is 0.174 e. The monoisotopic (exact) mass is 166 g/mol. The van der Waals surface area contributed by atoms with Gasteiger partial charge < -0.3 is 4.74 Å². The number of benzene rings is 1. The summed E-state index contributed by atoms with van der Waals surface area (Å²) in [6, 6.07) is 3.14. The Morgan fingerprint density at radius 2 is 2.25 bits per heavy atom. The van der Waals surface area contributed by atoms with Gasteiger partial charge in [0, 0.05) is 5.56 Å². The van der Waals surface area contributed by atoms with Gasteiger partial charge in [-0.3, -0.25) is 4.79 Å². The molecule has 2 nitrogen and oxygen atoms in total. The van der Waals surface area contributed by atoms with Gasteiger partial charge in [0.15, 0.2) is 17.9 Å². The molecule has 0 atom stereocenters. The summed E-state index contributed by atoms with van der Waals surface area (Å²) in [4.78, 5) is 10.4. The van der Waals surface area contributed by atoms with Crippen LogP contribution in [0, 0.1) is 5.82 Å². The minimum Gasteiger partial charge on any atom is -0.494 e. The maximum atomic E-state index is 13.2. The zero-order valence-electron chi connectivity index (χ0n) is 6.93. The van der Waals surface area contributed by atoms with Crippen LogP contribution in [-0.4, -0.2) is 21.2 Å². The molecule has 0 bridgehead atoms. The molecule has 0 saturated heterocycles. The molecule has 0 radical (unpaired) electrons. The van der Waals surface area contributed by atoms with Crippen molar-refractivity contribution in [2.45, 2.75) is 0 Å². The third kappa shape index (κ3) is 1.32. The van der Waals surface area contributed by atoms with Crippen molar-refractivity contribution in [1.82, 2.24) is 0 Å². The van der Waals surface area contributed by atoms with E-state index in [0.29, 0.717) is 11.7 Å². The van der Waals surface area contributed by atoms with Crippen LogP contribution >= 0.6 is 0 Å². The van der Waals surface area contributed by atoms with Crippen LogP contribution in [0.3, 0.4) is 0 Å². The molecule has 0 aliphatic carbocycles. The number of aldehydes is 1. The Morgan fingerprint density at radius 3 is 2.75 bits per heavy atom. The van der Waals surface area contributed by atoms with E-state index < -0.39 is 5.82 Å². The number of carbonyl (C=O) groups excluding carboxylic acids is 1. The standard InChI is InChI=1S/C8H8BFO2/c1-12-7-3-2-6(9)5(4-11)8(7)10/h2-4H,9H2,1H3. The van der Waals surface area contributed by atoms with Crippen LogP contribution in [0.4, 0.5) is 4.39 Å². The highest BCUT2D eigenvalue weighted by atomic mass is 19.1. The van der Waals surface area contributed by atoms with E-state index >= 15 is 0 Å². The minimum absolute atomic E-state index is 0.0642. The molecule has 0 aliphatic rings. The van der Waals surface area contributed by atoms with Crippen molar-refractivity contribution in [3.05, 3.63) is 23.5 Å². The fourth-order valence-electron chi connectivity index (χ4n) is 0.972.